The number of rotatable bonds is 9. The summed E-state index contributed by atoms with van der Waals surface area (Å²) in [5.41, 5.74) is 1.81. The second-order valence-corrected chi connectivity index (χ2v) is 7.33. The van der Waals surface area contributed by atoms with Gasteiger partial charge in [0, 0.05) is 13.6 Å². The maximum Gasteiger partial charge on any atom is 0.249 e. The van der Waals surface area contributed by atoms with Crippen molar-refractivity contribution < 1.29 is 9.21 Å². The molecule has 1 aromatic heterocycles. The van der Waals surface area contributed by atoms with Crippen LogP contribution in [-0.4, -0.2) is 46.0 Å². The van der Waals surface area contributed by atoms with Gasteiger partial charge in [-0.2, -0.15) is 0 Å². The third-order valence-electron chi connectivity index (χ3n) is 4.52. The lowest BCUT2D eigenvalue weighted by Gasteiger charge is -2.23. The number of hydrogen-bond acceptors (Lipinski definition) is 5. The van der Waals surface area contributed by atoms with E-state index in [4.69, 9.17) is 16.0 Å². The summed E-state index contributed by atoms with van der Waals surface area (Å²) in [7, 11) is 1.82. The number of carbonyl (C=O) groups excluding carboxylic acids is 1. The molecule has 0 unspecified atom stereocenters. The quantitative estimate of drug-likeness (QED) is 0.525. The fraction of sp³-hybridized carbons (Fsp3) is 0.318. The SMILES string of the molecule is CCCN(CC(=O)N(C)Cc1ccccc1)Cc1nnc(-c2ccccc2Cl)o1. The van der Waals surface area contributed by atoms with E-state index >= 15 is 0 Å². The molecule has 152 valence electrons. The van der Waals surface area contributed by atoms with Gasteiger partial charge in [0.2, 0.25) is 17.7 Å². The lowest BCUT2D eigenvalue weighted by Crippen LogP contribution is -2.38. The van der Waals surface area contributed by atoms with E-state index in [-0.39, 0.29) is 5.91 Å². The Morgan fingerprint density at radius 3 is 2.48 bits per heavy atom. The van der Waals surface area contributed by atoms with Crippen LogP contribution in [0.4, 0.5) is 0 Å². The first-order valence-electron chi connectivity index (χ1n) is 9.64. The number of amides is 1. The zero-order chi connectivity index (χ0) is 20.6. The van der Waals surface area contributed by atoms with Crippen LogP contribution in [0.5, 0.6) is 0 Å². The Kier molecular flexibility index (Phi) is 7.38. The molecule has 0 fully saturated rings. The first-order valence-corrected chi connectivity index (χ1v) is 10.0. The molecule has 0 N–H and O–H groups in total. The number of carbonyl (C=O) groups is 1. The van der Waals surface area contributed by atoms with Gasteiger partial charge in [0.25, 0.3) is 0 Å². The Labute approximate surface area is 176 Å². The van der Waals surface area contributed by atoms with Gasteiger partial charge in [0.05, 0.1) is 23.7 Å². The van der Waals surface area contributed by atoms with E-state index in [2.05, 4.69) is 17.1 Å². The Hall–Kier alpha value is -2.70. The molecule has 1 amide bonds. The van der Waals surface area contributed by atoms with Gasteiger partial charge < -0.3 is 9.32 Å². The van der Waals surface area contributed by atoms with E-state index < -0.39 is 0 Å². The minimum atomic E-state index is 0.0492. The number of aromatic nitrogens is 2. The number of benzene rings is 2. The maximum atomic E-state index is 12.7. The Morgan fingerprint density at radius 1 is 1.03 bits per heavy atom. The summed E-state index contributed by atoms with van der Waals surface area (Å²) >= 11 is 6.21. The molecule has 0 aliphatic heterocycles. The van der Waals surface area contributed by atoms with Crippen LogP contribution in [0.3, 0.4) is 0 Å². The molecule has 3 rings (SSSR count). The van der Waals surface area contributed by atoms with Crippen LogP contribution in [0.25, 0.3) is 11.5 Å². The zero-order valence-electron chi connectivity index (χ0n) is 16.7. The summed E-state index contributed by atoms with van der Waals surface area (Å²) in [4.78, 5) is 16.5. The van der Waals surface area contributed by atoms with Crippen molar-refractivity contribution in [1.29, 1.82) is 0 Å². The molecule has 0 saturated carbocycles. The Morgan fingerprint density at radius 2 is 1.76 bits per heavy atom. The first-order chi connectivity index (χ1) is 14.1. The van der Waals surface area contributed by atoms with Gasteiger partial charge in [-0.05, 0) is 30.7 Å². The lowest BCUT2D eigenvalue weighted by molar-refractivity contribution is -0.131. The molecule has 0 aliphatic rings. The van der Waals surface area contributed by atoms with Gasteiger partial charge in [-0.25, -0.2) is 0 Å². The van der Waals surface area contributed by atoms with Gasteiger partial charge in [-0.3, -0.25) is 9.69 Å². The van der Waals surface area contributed by atoms with Crippen molar-refractivity contribution in [3.63, 3.8) is 0 Å². The van der Waals surface area contributed by atoms with Crippen molar-refractivity contribution >= 4 is 17.5 Å². The molecule has 0 spiro atoms. The van der Waals surface area contributed by atoms with Crippen molar-refractivity contribution in [1.82, 2.24) is 20.0 Å². The number of likely N-dealkylation sites (N-methyl/N-ethyl adjacent to an activating group) is 1. The predicted molar refractivity (Wildman–Crippen MR) is 113 cm³/mol. The van der Waals surface area contributed by atoms with Gasteiger partial charge >= 0.3 is 0 Å². The van der Waals surface area contributed by atoms with Gasteiger partial charge in [-0.15, -0.1) is 10.2 Å². The van der Waals surface area contributed by atoms with E-state index in [1.807, 2.05) is 60.5 Å². The van der Waals surface area contributed by atoms with Crippen LogP contribution in [-0.2, 0) is 17.9 Å². The normalized spacial score (nSPS) is 11.0. The molecular weight excluding hydrogens is 388 g/mol. The third-order valence-corrected chi connectivity index (χ3v) is 4.85. The van der Waals surface area contributed by atoms with E-state index in [9.17, 15) is 4.79 Å². The van der Waals surface area contributed by atoms with E-state index in [1.54, 1.807) is 11.0 Å². The highest BCUT2D eigenvalue weighted by molar-refractivity contribution is 6.33. The molecule has 0 saturated heterocycles. The summed E-state index contributed by atoms with van der Waals surface area (Å²) in [5.74, 6) is 0.898. The van der Waals surface area contributed by atoms with E-state index in [0.717, 1.165) is 18.5 Å². The molecule has 0 aliphatic carbocycles. The second kappa shape index (κ2) is 10.2. The number of hydrogen-bond donors (Lipinski definition) is 0. The minimum absolute atomic E-state index is 0.0492. The highest BCUT2D eigenvalue weighted by Crippen LogP contribution is 2.26. The predicted octanol–water partition coefficient (Wildman–Crippen LogP) is 4.26. The largest absolute Gasteiger partial charge is 0.419 e. The Bertz CT molecular complexity index is 929. The summed E-state index contributed by atoms with van der Waals surface area (Å²) in [5, 5.41) is 8.80. The Balaban J connectivity index is 1.63. The van der Waals surface area contributed by atoms with Gasteiger partial charge in [0.1, 0.15) is 0 Å². The average molecular weight is 413 g/mol. The van der Waals surface area contributed by atoms with Crippen LogP contribution < -0.4 is 0 Å². The first kappa shape index (κ1) is 21.0. The molecule has 0 atom stereocenters. The lowest BCUT2D eigenvalue weighted by atomic mass is 10.2. The topological polar surface area (TPSA) is 62.5 Å². The van der Waals surface area contributed by atoms with Crippen LogP contribution in [0.15, 0.2) is 59.0 Å². The molecule has 1 heterocycles. The molecule has 2 aromatic carbocycles. The fourth-order valence-electron chi connectivity index (χ4n) is 3.04. The van der Waals surface area contributed by atoms with Crippen LogP contribution in [0.2, 0.25) is 5.02 Å². The maximum absolute atomic E-state index is 12.7. The van der Waals surface area contributed by atoms with Crippen molar-refractivity contribution in [3.8, 4) is 11.5 Å². The van der Waals surface area contributed by atoms with Gasteiger partial charge in [-0.1, -0.05) is 61.0 Å². The van der Waals surface area contributed by atoms with Crippen molar-refractivity contribution in [2.24, 2.45) is 0 Å². The summed E-state index contributed by atoms with van der Waals surface area (Å²) in [6.07, 6.45) is 0.918. The molecule has 0 bridgehead atoms. The second-order valence-electron chi connectivity index (χ2n) is 6.93. The van der Waals surface area contributed by atoms with E-state index in [0.29, 0.717) is 42.0 Å². The van der Waals surface area contributed by atoms with Gasteiger partial charge in [0.15, 0.2) is 0 Å². The van der Waals surface area contributed by atoms with Crippen molar-refractivity contribution in [3.05, 3.63) is 71.1 Å². The molecule has 3 aromatic rings. The highest BCUT2D eigenvalue weighted by atomic mass is 35.5. The molecular formula is C22H25ClN4O2. The minimum Gasteiger partial charge on any atom is -0.419 e. The molecule has 29 heavy (non-hydrogen) atoms. The zero-order valence-corrected chi connectivity index (χ0v) is 17.5. The average Bonchev–Trinajstić information content (AvgIpc) is 3.17. The van der Waals surface area contributed by atoms with Crippen LogP contribution in [0.1, 0.15) is 24.8 Å². The monoisotopic (exact) mass is 412 g/mol. The molecule has 6 nitrogen and oxygen atoms in total. The van der Waals surface area contributed by atoms with Crippen LogP contribution in [0, 0.1) is 0 Å². The van der Waals surface area contributed by atoms with Crippen molar-refractivity contribution in [2.45, 2.75) is 26.4 Å². The number of nitrogens with zero attached hydrogens (tertiary/aromatic N) is 4. The smallest absolute Gasteiger partial charge is 0.249 e. The van der Waals surface area contributed by atoms with Crippen LogP contribution >= 0.6 is 11.6 Å². The summed E-state index contributed by atoms with van der Waals surface area (Å²) in [6.45, 7) is 4.12. The standard InChI is InChI=1S/C22H25ClN4O2/c1-3-13-27(16-21(28)26(2)14-17-9-5-4-6-10-17)15-20-24-25-22(29-20)18-11-7-8-12-19(18)23/h4-12H,3,13-16H2,1-2H3. The molecule has 7 heteroatoms. The fourth-order valence-corrected chi connectivity index (χ4v) is 3.26. The summed E-state index contributed by atoms with van der Waals surface area (Å²) < 4.78 is 5.79. The van der Waals surface area contributed by atoms with E-state index in [1.165, 1.54) is 0 Å². The summed E-state index contributed by atoms with van der Waals surface area (Å²) in [6, 6.07) is 17.3. The number of halogens is 1. The molecule has 0 radical (unpaired) electrons. The highest BCUT2D eigenvalue weighted by Gasteiger charge is 2.18. The third kappa shape index (κ3) is 5.89. The van der Waals surface area contributed by atoms with Crippen molar-refractivity contribution in [2.75, 3.05) is 20.1 Å².